The second kappa shape index (κ2) is 7.16. The number of benzene rings is 2. The molecule has 8 heteroatoms. The second-order valence-corrected chi connectivity index (χ2v) is 6.46. The molecule has 25 heavy (non-hydrogen) atoms. The number of fused-ring (bicyclic) bond motifs is 1. The molecule has 3 aromatic rings. The number of ether oxygens (including phenoxy) is 2. The van der Waals surface area contributed by atoms with Crippen molar-refractivity contribution in [3.63, 3.8) is 0 Å². The minimum absolute atomic E-state index is 0.0436. The van der Waals surface area contributed by atoms with E-state index >= 15 is 0 Å². The highest BCUT2D eigenvalue weighted by molar-refractivity contribution is 7.22. The summed E-state index contributed by atoms with van der Waals surface area (Å²) in [4.78, 5) is 16.9. The minimum atomic E-state index is -0.402. The molecule has 0 saturated carbocycles. The van der Waals surface area contributed by atoms with Gasteiger partial charge in [0.1, 0.15) is 11.3 Å². The number of amides is 1. The number of aromatic nitrogens is 1. The molecule has 0 bridgehead atoms. The molecule has 1 heterocycles. The van der Waals surface area contributed by atoms with Crippen LogP contribution in [0.5, 0.6) is 17.2 Å². The summed E-state index contributed by atoms with van der Waals surface area (Å²) in [7, 11) is 1.57. The molecule has 1 aromatic heterocycles. The highest BCUT2D eigenvalue weighted by atomic mass is 35.5. The lowest BCUT2D eigenvalue weighted by Crippen LogP contribution is -2.12. The number of phenols is 1. The Morgan fingerprint density at radius 1 is 1.36 bits per heavy atom. The second-order valence-electron chi connectivity index (χ2n) is 5.02. The number of nitrogens with zero attached hydrogens (tertiary/aromatic N) is 1. The molecule has 0 unspecified atom stereocenters. The molecule has 0 aliphatic heterocycles. The molecule has 0 saturated heterocycles. The van der Waals surface area contributed by atoms with Crippen molar-refractivity contribution >= 4 is 44.2 Å². The molecule has 0 atom stereocenters. The van der Waals surface area contributed by atoms with Gasteiger partial charge < -0.3 is 14.6 Å². The van der Waals surface area contributed by atoms with Crippen LogP contribution in [0.4, 0.5) is 5.13 Å². The summed E-state index contributed by atoms with van der Waals surface area (Å²) in [6, 6.07) is 8.38. The highest BCUT2D eigenvalue weighted by Gasteiger charge is 2.16. The van der Waals surface area contributed by atoms with Gasteiger partial charge in [0.05, 0.1) is 23.4 Å². The Kier molecular flexibility index (Phi) is 4.96. The number of aromatic hydroxyl groups is 1. The van der Waals surface area contributed by atoms with Crippen LogP contribution in [0.15, 0.2) is 30.3 Å². The number of methoxy groups -OCH3 is 1. The van der Waals surface area contributed by atoms with E-state index in [1.807, 2.05) is 18.2 Å². The highest BCUT2D eigenvalue weighted by Crippen LogP contribution is 2.36. The van der Waals surface area contributed by atoms with Crippen LogP contribution in [0.25, 0.3) is 10.2 Å². The van der Waals surface area contributed by atoms with Gasteiger partial charge in [-0.3, -0.25) is 10.1 Å². The number of hydrogen-bond donors (Lipinski definition) is 2. The van der Waals surface area contributed by atoms with Gasteiger partial charge in [-0.05, 0) is 31.2 Å². The van der Waals surface area contributed by atoms with E-state index in [2.05, 4.69) is 10.3 Å². The first-order valence-corrected chi connectivity index (χ1v) is 8.63. The molecule has 3 rings (SSSR count). The fraction of sp³-hybridized carbons (Fsp3) is 0.176. The molecule has 0 spiro atoms. The Balaban J connectivity index is 1.90. The van der Waals surface area contributed by atoms with Crippen molar-refractivity contribution in [2.24, 2.45) is 0 Å². The summed E-state index contributed by atoms with van der Waals surface area (Å²) in [5.41, 5.74) is 0.946. The summed E-state index contributed by atoms with van der Waals surface area (Å²) in [5, 5.41) is 13.1. The van der Waals surface area contributed by atoms with Crippen molar-refractivity contribution in [3.8, 4) is 17.2 Å². The van der Waals surface area contributed by atoms with Crippen LogP contribution < -0.4 is 14.8 Å². The number of carbonyl (C=O) groups is 1. The van der Waals surface area contributed by atoms with Gasteiger partial charge in [-0.25, -0.2) is 4.98 Å². The van der Waals surface area contributed by atoms with Gasteiger partial charge in [-0.15, -0.1) is 0 Å². The van der Waals surface area contributed by atoms with Gasteiger partial charge in [0.25, 0.3) is 5.91 Å². The average molecular weight is 379 g/mol. The third-order valence-corrected chi connectivity index (χ3v) is 4.64. The molecule has 130 valence electrons. The van der Waals surface area contributed by atoms with E-state index in [9.17, 15) is 9.90 Å². The largest absolute Gasteiger partial charge is 0.503 e. The molecule has 0 fully saturated rings. The SMILES string of the molecule is CCOc1cc(C(=O)Nc2nc3c(OC)cccc3s2)cc(Cl)c1O. The maximum absolute atomic E-state index is 12.5. The van der Waals surface area contributed by atoms with Crippen LogP contribution >= 0.6 is 22.9 Å². The van der Waals surface area contributed by atoms with Crippen molar-refractivity contribution in [1.82, 2.24) is 4.98 Å². The maximum atomic E-state index is 12.5. The summed E-state index contributed by atoms with van der Waals surface area (Å²) in [6.45, 7) is 2.11. The Hall–Kier alpha value is -2.51. The summed E-state index contributed by atoms with van der Waals surface area (Å²) >= 11 is 7.30. The van der Waals surface area contributed by atoms with Gasteiger partial charge in [0, 0.05) is 5.56 Å². The summed E-state index contributed by atoms with van der Waals surface area (Å²) < 4.78 is 11.5. The monoisotopic (exact) mass is 378 g/mol. The number of nitrogens with one attached hydrogen (secondary N) is 1. The molecule has 0 aliphatic carbocycles. The molecular formula is C17H15ClN2O4S. The number of anilines is 1. The van der Waals surface area contributed by atoms with Crippen LogP contribution in [0.1, 0.15) is 17.3 Å². The van der Waals surface area contributed by atoms with Crippen LogP contribution in [-0.2, 0) is 0 Å². The molecule has 0 radical (unpaired) electrons. The van der Waals surface area contributed by atoms with Gasteiger partial charge >= 0.3 is 0 Å². The lowest BCUT2D eigenvalue weighted by Gasteiger charge is -2.09. The molecule has 0 aliphatic rings. The normalized spacial score (nSPS) is 10.7. The molecule has 6 nitrogen and oxygen atoms in total. The Bertz CT molecular complexity index is 942. The first-order valence-electron chi connectivity index (χ1n) is 7.43. The number of halogens is 1. The lowest BCUT2D eigenvalue weighted by atomic mass is 10.2. The first kappa shape index (κ1) is 17.3. The average Bonchev–Trinajstić information content (AvgIpc) is 3.01. The topological polar surface area (TPSA) is 80.7 Å². The molecular weight excluding hydrogens is 364 g/mol. The van der Waals surface area contributed by atoms with Gasteiger partial charge in [-0.1, -0.05) is 29.0 Å². The molecule has 2 aromatic carbocycles. The number of para-hydroxylation sites is 1. The zero-order valence-corrected chi connectivity index (χ0v) is 15.1. The zero-order valence-electron chi connectivity index (χ0n) is 13.5. The Morgan fingerprint density at radius 2 is 2.16 bits per heavy atom. The fourth-order valence-electron chi connectivity index (χ4n) is 2.28. The zero-order chi connectivity index (χ0) is 18.0. The first-order chi connectivity index (χ1) is 12.0. The Morgan fingerprint density at radius 3 is 2.88 bits per heavy atom. The predicted octanol–water partition coefficient (Wildman–Crippen LogP) is 4.31. The van der Waals surface area contributed by atoms with Crippen molar-refractivity contribution in [2.75, 3.05) is 19.0 Å². The van der Waals surface area contributed by atoms with Crippen molar-refractivity contribution in [1.29, 1.82) is 0 Å². The maximum Gasteiger partial charge on any atom is 0.257 e. The summed E-state index contributed by atoms with van der Waals surface area (Å²) in [6.07, 6.45) is 0. The van der Waals surface area contributed by atoms with Gasteiger partial charge in [-0.2, -0.15) is 0 Å². The smallest absolute Gasteiger partial charge is 0.257 e. The number of phenolic OH excluding ortho intramolecular Hbond substituents is 1. The number of hydrogen-bond acceptors (Lipinski definition) is 6. The van der Waals surface area contributed by atoms with E-state index in [4.69, 9.17) is 21.1 Å². The van der Waals surface area contributed by atoms with E-state index in [0.29, 0.717) is 23.0 Å². The molecule has 2 N–H and O–H groups in total. The fourth-order valence-corrected chi connectivity index (χ4v) is 3.37. The Labute approximate surface area is 153 Å². The lowest BCUT2D eigenvalue weighted by molar-refractivity contribution is 0.102. The van der Waals surface area contributed by atoms with Crippen molar-refractivity contribution in [3.05, 3.63) is 40.9 Å². The van der Waals surface area contributed by atoms with Crippen LogP contribution in [-0.4, -0.2) is 29.7 Å². The van der Waals surface area contributed by atoms with Crippen molar-refractivity contribution < 1.29 is 19.4 Å². The minimum Gasteiger partial charge on any atom is -0.503 e. The number of thiazole rings is 1. The standard InChI is InChI=1S/C17H15ClN2O4S/c1-3-24-12-8-9(7-10(18)15(12)21)16(22)20-17-19-14-11(23-2)5-4-6-13(14)25-17/h4-8,21H,3H2,1-2H3,(H,19,20,22). The van der Waals surface area contributed by atoms with E-state index in [1.54, 1.807) is 14.0 Å². The van der Waals surface area contributed by atoms with E-state index < -0.39 is 5.91 Å². The third kappa shape index (κ3) is 3.47. The predicted molar refractivity (Wildman–Crippen MR) is 98.4 cm³/mol. The van der Waals surface area contributed by atoms with Crippen LogP contribution in [0.2, 0.25) is 5.02 Å². The number of rotatable bonds is 5. The van der Waals surface area contributed by atoms with Crippen molar-refractivity contribution in [2.45, 2.75) is 6.92 Å². The van der Waals surface area contributed by atoms with Gasteiger partial charge in [0.15, 0.2) is 16.6 Å². The molecule has 1 amide bonds. The van der Waals surface area contributed by atoms with Crippen LogP contribution in [0.3, 0.4) is 0 Å². The van der Waals surface area contributed by atoms with E-state index in [0.717, 1.165) is 4.70 Å². The van der Waals surface area contributed by atoms with E-state index in [1.165, 1.54) is 23.5 Å². The van der Waals surface area contributed by atoms with E-state index in [-0.39, 0.29) is 22.1 Å². The number of carbonyl (C=O) groups excluding carboxylic acids is 1. The quantitative estimate of drug-likeness (QED) is 0.691. The third-order valence-electron chi connectivity index (χ3n) is 3.41. The summed E-state index contributed by atoms with van der Waals surface area (Å²) in [5.74, 6) is 0.206. The van der Waals surface area contributed by atoms with Gasteiger partial charge in [0.2, 0.25) is 0 Å². The van der Waals surface area contributed by atoms with Crippen LogP contribution in [0, 0.1) is 0 Å².